The van der Waals surface area contributed by atoms with Crippen LogP contribution in [0.2, 0.25) is 0 Å². The lowest BCUT2D eigenvalue weighted by Crippen LogP contribution is -2.50. The van der Waals surface area contributed by atoms with Crippen LogP contribution in [0, 0.1) is 5.92 Å². The molecule has 1 aliphatic rings. The van der Waals surface area contributed by atoms with E-state index in [-0.39, 0.29) is 25.6 Å². The lowest BCUT2D eigenvalue weighted by Gasteiger charge is -2.34. The van der Waals surface area contributed by atoms with Gasteiger partial charge in [-0.1, -0.05) is 13.8 Å². The average molecular weight is 416 g/mol. The molecule has 1 N–H and O–H groups in total. The monoisotopic (exact) mass is 415 g/mol. The smallest absolute Gasteiger partial charge is 0.319 e. The first-order valence-electron chi connectivity index (χ1n) is 10.1. The second-order valence-corrected chi connectivity index (χ2v) is 7.86. The number of carbonyl (C=O) groups is 3. The summed E-state index contributed by atoms with van der Waals surface area (Å²) >= 11 is 0. The molecule has 0 atom stereocenters. The summed E-state index contributed by atoms with van der Waals surface area (Å²) in [5, 5.41) is 20.3. The lowest BCUT2D eigenvalue weighted by molar-refractivity contribution is -0.306. The molecule has 1 heterocycles. The van der Waals surface area contributed by atoms with Crippen LogP contribution in [0.4, 0.5) is 0 Å². The van der Waals surface area contributed by atoms with Gasteiger partial charge in [0.25, 0.3) is 0 Å². The van der Waals surface area contributed by atoms with E-state index >= 15 is 0 Å². The van der Waals surface area contributed by atoms with E-state index in [4.69, 9.17) is 4.74 Å². The van der Waals surface area contributed by atoms with Gasteiger partial charge in [-0.3, -0.25) is 24.3 Å². The van der Waals surface area contributed by atoms with Gasteiger partial charge in [0.1, 0.15) is 0 Å². The Morgan fingerprint density at radius 1 is 0.828 bits per heavy atom. The van der Waals surface area contributed by atoms with Crippen LogP contribution < -0.4 is 5.11 Å². The molecule has 0 saturated carbocycles. The number of hydrogen-bond donors (Lipinski definition) is 1. The topological polar surface area (TPSA) is 117 Å². The van der Waals surface area contributed by atoms with Gasteiger partial charge in [-0.05, 0) is 5.92 Å². The molecule has 0 aromatic heterocycles. The molecular weight excluding hydrogens is 380 g/mol. The highest BCUT2D eigenvalue weighted by Crippen LogP contribution is 2.04. The highest BCUT2D eigenvalue weighted by atomic mass is 16.5. The molecule has 10 nitrogen and oxygen atoms in total. The molecule has 168 valence electrons. The molecular formula is C19H35N4O6-. The first-order valence-corrected chi connectivity index (χ1v) is 10.1. The number of carboxylic acid groups (broad SMARTS) is 2. The Balaban J connectivity index is 2.91. The molecule has 0 aliphatic carbocycles. The highest BCUT2D eigenvalue weighted by molar-refractivity contribution is 5.71. The van der Waals surface area contributed by atoms with Crippen molar-refractivity contribution >= 4 is 17.9 Å². The first kappa shape index (κ1) is 25.3. The predicted molar refractivity (Wildman–Crippen MR) is 105 cm³/mol. The predicted octanol–water partition coefficient (Wildman–Crippen LogP) is -2.13. The fourth-order valence-electron chi connectivity index (χ4n) is 3.37. The zero-order chi connectivity index (χ0) is 21.8. The third kappa shape index (κ3) is 11.7. The summed E-state index contributed by atoms with van der Waals surface area (Å²) in [5.41, 5.74) is 0. The third-order valence-corrected chi connectivity index (χ3v) is 4.85. The Labute approximate surface area is 173 Å². The van der Waals surface area contributed by atoms with E-state index in [1.165, 1.54) is 7.11 Å². The molecule has 0 unspecified atom stereocenters. The maximum absolute atomic E-state index is 11.8. The van der Waals surface area contributed by atoms with E-state index in [0.29, 0.717) is 51.7 Å². The van der Waals surface area contributed by atoms with Gasteiger partial charge in [-0.15, -0.1) is 0 Å². The summed E-state index contributed by atoms with van der Waals surface area (Å²) < 4.78 is 4.79. The number of hydrogen-bond acceptors (Lipinski definition) is 9. The molecule has 1 rings (SSSR count). The average Bonchev–Trinajstić information content (AvgIpc) is 2.62. The van der Waals surface area contributed by atoms with Crippen molar-refractivity contribution in [1.29, 1.82) is 0 Å². The lowest BCUT2D eigenvalue weighted by atomic mass is 10.2. The number of rotatable bonds is 8. The maximum Gasteiger partial charge on any atom is 0.319 e. The number of nitrogens with zero attached hydrogens (tertiary/aromatic N) is 4. The van der Waals surface area contributed by atoms with Crippen molar-refractivity contribution in [3.63, 3.8) is 0 Å². The zero-order valence-corrected chi connectivity index (χ0v) is 17.8. The summed E-state index contributed by atoms with van der Waals surface area (Å²) in [6, 6.07) is 0. The minimum Gasteiger partial charge on any atom is -0.549 e. The van der Waals surface area contributed by atoms with Gasteiger partial charge < -0.3 is 24.6 Å². The SMILES string of the molecule is COC(=O)CN1CCN(CC(=O)[O-])CCN(CC(=O)O)CCN(CC(C)C)CC1. The van der Waals surface area contributed by atoms with Crippen LogP contribution in [0.3, 0.4) is 0 Å². The Hall–Kier alpha value is -1.75. The van der Waals surface area contributed by atoms with E-state index in [9.17, 15) is 24.6 Å². The van der Waals surface area contributed by atoms with E-state index in [1.807, 2.05) is 9.80 Å². The van der Waals surface area contributed by atoms with Gasteiger partial charge >= 0.3 is 11.9 Å². The fourth-order valence-corrected chi connectivity index (χ4v) is 3.37. The van der Waals surface area contributed by atoms with Gasteiger partial charge in [0.05, 0.1) is 26.2 Å². The van der Waals surface area contributed by atoms with Crippen molar-refractivity contribution in [2.45, 2.75) is 13.8 Å². The number of carboxylic acids is 2. The molecule has 0 spiro atoms. The fraction of sp³-hybridized carbons (Fsp3) is 0.842. The van der Waals surface area contributed by atoms with Crippen LogP contribution in [0.25, 0.3) is 0 Å². The molecule has 0 radical (unpaired) electrons. The largest absolute Gasteiger partial charge is 0.549 e. The Morgan fingerprint density at radius 2 is 1.24 bits per heavy atom. The minimum atomic E-state index is -1.18. The Bertz CT molecular complexity index is 531. The second-order valence-electron chi connectivity index (χ2n) is 7.86. The third-order valence-electron chi connectivity index (χ3n) is 4.85. The minimum absolute atomic E-state index is 0.0802. The van der Waals surface area contributed by atoms with Crippen LogP contribution in [-0.2, 0) is 19.1 Å². The normalized spacial score (nSPS) is 19.4. The van der Waals surface area contributed by atoms with Crippen molar-refractivity contribution < 1.29 is 29.3 Å². The number of carbonyl (C=O) groups excluding carboxylic acids is 2. The molecule has 0 amide bonds. The molecule has 10 heteroatoms. The quantitative estimate of drug-likeness (QED) is 0.441. The molecule has 1 aliphatic heterocycles. The summed E-state index contributed by atoms with van der Waals surface area (Å²) in [6.45, 7) is 9.46. The van der Waals surface area contributed by atoms with E-state index in [0.717, 1.165) is 13.1 Å². The van der Waals surface area contributed by atoms with Gasteiger partial charge in [0, 0.05) is 65.4 Å². The summed E-state index contributed by atoms with van der Waals surface area (Å²) in [6.07, 6.45) is 0. The number of ether oxygens (including phenoxy) is 1. The van der Waals surface area contributed by atoms with Crippen LogP contribution in [0.1, 0.15) is 13.8 Å². The van der Waals surface area contributed by atoms with Gasteiger partial charge in [0.2, 0.25) is 0 Å². The summed E-state index contributed by atoms with van der Waals surface area (Å²) in [4.78, 5) is 41.9. The van der Waals surface area contributed by atoms with Crippen molar-refractivity contribution in [1.82, 2.24) is 19.6 Å². The van der Waals surface area contributed by atoms with Crippen molar-refractivity contribution in [2.75, 3.05) is 85.6 Å². The van der Waals surface area contributed by atoms with Gasteiger partial charge in [-0.2, -0.15) is 0 Å². The second kappa shape index (κ2) is 13.5. The number of methoxy groups -OCH3 is 1. The van der Waals surface area contributed by atoms with Crippen molar-refractivity contribution in [2.24, 2.45) is 5.92 Å². The summed E-state index contributed by atoms with van der Waals surface area (Å²) in [5.74, 6) is -1.94. The van der Waals surface area contributed by atoms with Crippen LogP contribution in [0.15, 0.2) is 0 Å². The van der Waals surface area contributed by atoms with E-state index in [2.05, 4.69) is 18.7 Å². The van der Waals surface area contributed by atoms with Crippen LogP contribution in [0.5, 0.6) is 0 Å². The molecule has 29 heavy (non-hydrogen) atoms. The van der Waals surface area contributed by atoms with Crippen molar-refractivity contribution in [3.05, 3.63) is 0 Å². The molecule has 1 saturated heterocycles. The highest BCUT2D eigenvalue weighted by Gasteiger charge is 2.19. The van der Waals surface area contributed by atoms with Crippen LogP contribution in [-0.4, -0.2) is 128 Å². The van der Waals surface area contributed by atoms with E-state index < -0.39 is 11.9 Å². The van der Waals surface area contributed by atoms with Crippen LogP contribution >= 0.6 is 0 Å². The Morgan fingerprint density at radius 3 is 1.62 bits per heavy atom. The van der Waals surface area contributed by atoms with E-state index in [1.54, 1.807) is 4.90 Å². The number of esters is 1. The Kier molecular flexibility index (Phi) is 11.7. The first-order chi connectivity index (χ1) is 13.7. The molecule has 1 fully saturated rings. The standard InChI is InChI=1S/C19H36N4O6/c1-16(2)12-20-4-6-21(13-17(24)25)7-8-22(14-18(26)27)9-11-23(10-5-20)15-19(28)29-3/h16H,4-15H2,1-3H3,(H,24,25)(H,26,27)/p-1. The molecule has 0 aromatic rings. The number of aliphatic carboxylic acids is 2. The van der Waals surface area contributed by atoms with Crippen molar-refractivity contribution in [3.8, 4) is 0 Å². The van der Waals surface area contributed by atoms with Gasteiger partial charge in [0.15, 0.2) is 0 Å². The molecule has 0 aromatic carbocycles. The zero-order valence-electron chi connectivity index (χ0n) is 17.8. The maximum atomic E-state index is 11.8. The summed E-state index contributed by atoms with van der Waals surface area (Å²) in [7, 11) is 1.35. The van der Waals surface area contributed by atoms with Gasteiger partial charge in [-0.25, -0.2) is 0 Å². The molecule has 0 bridgehead atoms.